The van der Waals surface area contributed by atoms with Gasteiger partial charge in [0.2, 0.25) is 0 Å². The second-order valence-electron chi connectivity index (χ2n) is 4.01. The lowest BCUT2D eigenvalue weighted by Crippen LogP contribution is -2.41. The summed E-state index contributed by atoms with van der Waals surface area (Å²) in [7, 11) is 0. The fourth-order valence-electron chi connectivity index (χ4n) is 1.57. The molecule has 0 radical (unpaired) electrons. The first-order valence-electron chi connectivity index (χ1n) is 5.18. The molecule has 0 amide bonds. The molecule has 1 rings (SSSR count). The lowest BCUT2D eigenvalue weighted by Gasteiger charge is -2.40. The predicted octanol–water partition coefficient (Wildman–Crippen LogP) is 3.48. The van der Waals surface area contributed by atoms with Gasteiger partial charge in [0, 0.05) is 6.61 Å². The largest absolute Gasteiger partial charge is 0.375 e. The normalized spacial score (nSPS) is 33.5. The Morgan fingerprint density at radius 1 is 1.17 bits per heavy atom. The fourth-order valence-corrected chi connectivity index (χ4v) is 1.57. The van der Waals surface area contributed by atoms with E-state index in [9.17, 15) is 0 Å². The van der Waals surface area contributed by atoms with Crippen molar-refractivity contribution in [2.24, 2.45) is 11.8 Å². The van der Waals surface area contributed by atoms with E-state index in [4.69, 9.17) is 4.74 Å². The monoisotopic (exact) mass is 172 g/mol. The lowest BCUT2D eigenvalue weighted by atomic mass is 9.79. The number of rotatable bonds is 0. The summed E-state index contributed by atoms with van der Waals surface area (Å²) in [6, 6.07) is 0. The molecule has 1 saturated heterocycles. The summed E-state index contributed by atoms with van der Waals surface area (Å²) in [5.74, 6) is 1.52. The Morgan fingerprint density at radius 3 is 2.00 bits per heavy atom. The highest BCUT2D eigenvalue weighted by Gasteiger charge is 2.34. The van der Waals surface area contributed by atoms with E-state index in [0.717, 1.165) is 12.5 Å². The van der Waals surface area contributed by atoms with Gasteiger partial charge in [-0.3, -0.25) is 0 Å². The molecule has 1 fully saturated rings. The van der Waals surface area contributed by atoms with Crippen molar-refractivity contribution in [1.29, 1.82) is 0 Å². The van der Waals surface area contributed by atoms with Crippen molar-refractivity contribution in [3.8, 4) is 0 Å². The van der Waals surface area contributed by atoms with Crippen LogP contribution in [-0.4, -0.2) is 12.2 Å². The summed E-state index contributed by atoms with van der Waals surface area (Å²) in [4.78, 5) is 0. The van der Waals surface area contributed by atoms with Crippen LogP contribution in [0.25, 0.3) is 0 Å². The second kappa shape index (κ2) is 4.86. The molecule has 0 saturated carbocycles. The van der Waals surface area contributed by atoms with E-state index in [0.29, 0.717) is 5.92 Å². The molecular weight excluding hydrogens is 148 g/mol. The average molecular weight is 172 g/mol. The molecule has 1 aliphatic heterocycles. The predicted molar refractivity (Wildman–Crippen MR) is 54.3 cm³/mol. The van der Waals surface area contributed by atoms with Crippen molar-refractivity contribution in [2.45, 2.75) is 53.6 Å². The number of hydrogen-bond donors (Lipinski definition) is 0. The summed E-state index contributed by atoms with van der Waals surface area (Å²) in [5, 5.41) is 0. The van der Waals surface area contributed by atoms with Gasteiger partial charge in [-0.05, 0) is 32.1 Å². The van der Waals surface area contributed by atoms with Gasteiger partial charge in [0.05, 0.1) is 5.60 Å². The Balaban J connectivity index is 0.000000561. The number of hydrogen-bond acceptors (Lipinski definition) is 1. The molecule has 2 unspecified atom stereocenters. The fraction of sp³-hybridized carbons (Fsp3) is 1.00. The van der Waals surface area contributed by atoms with Gasteiger partial charge in [-0.15, -0.1) is 0 Å². The summed E-state index contributed by atoms with van der Waals surface area (Å²) in [5.41, 5.74) is 0.109. The van der Waals surface area contributed by atoms with Crippen molar-refractivity contribution in [1.82, 2.24) is 0 Å². The Hall–Kier alpha value is -0.0400. The van der Waals surface area contributed by atoms with Gasteiger partial charge in [0.15, 0.2) is 0 Å². The molecule has 0 spiro atoms. The maximum Gasteiger partial charge on any atom is 0.0654 e. The van der Waals surface area contributed by atoms with Crippen molar-refractivity contribution in [3.05, 3.63) is 0 Å². The first-order chi connectivity index (χ1) is 5.54. The van der Waals surface area contributed by atoms with E-state index in [2.05, 4.69) is 27.7 Å². The van der Waals surface area contributed by atoms with Crippen LogP contribution in [-0.2, 0) is 4.74 Å². The van der Waals surface area contributed by atoms with Crippen LogP contribution in [0.2, 0.25) is 0 Å². The minimum absolute atomic E-state index is 0.109. The highest BCUT2D eigenvalue weighted by Crippen LogP contribution is 2.33. The molecule has 2 atom stereocenters. The van der Waals surface area contributed by atoms with Crippen LogP contribution >= 0.6 is 0 Å². The van der Waals surface area contributed by atoms with E-state index < -0.39 is 0 Å². The van der Waals surface area contributed by atoms with Gasteiger partial charge < -0.3 is 4.74 Å². The first kappa shape index (κ1) is 12.0. The van der Waals surface area contributed by atoms with E-state index in [1.54, 1.807) is 0 Å². The zero-order valence-corrected chi connectivity index (χ0v) is 9.48. The summed E-state index contributed by atoms with van der Waals surface area (Å²) in [6.45, 7) is 13.9. The summed E-state index contributed by atoms with van der Waals surface area (Å²) < 4.78 is 5.65. The standard InChI is InChI=1S/C9H18O.C2H6/c1-7-5-6-10-9(3,4)8(7)2;1-2/h7-8H,5-6H2,1-4H3;1-2H3. The van der Waals surface area contributed by atoms with Gasteiger partial charge >= 0.3 is 0 Å². The van der Waals surface area contributed by atoms with Crippen molar-refractivity contribution >= 4 is 0 Å². The molecule has 0 aromatic heterocycles. The third-order valence-corrected chi connectivity index (χ3v) is 3.00. The Labute approximate surface area is 77.5 Å². The van der Waals surface area contributed by atoms with Crippen LogP contribution in [0.5, 0.6) is 0 Å². The van der Waals surface area contributed by atoms with Crippen LogP contribution in [0.15, 0.2) is 0 Å². The number of ether oxygens (including phenoxy) is 1. The highest BCUT2D eigenvalue weighted by atomic mass is 16.5. The maximum atomic E-state index is 5.65. The SMILES string of the molecule is CC.CC1CCOC(C)(C)C1C. The van der Waals surface area contributed by atoms with Crippen LogP contribution in [0.4, 0.5) is 0 Å². The van der Waals surface area contributed by atoms with Crippen LogP contribution in [0.3, 0.4) is 0 Å². The minimum Gasteiger partial charge on any atom is -0.375 e. The van der Waals surface area contributed by atoms with Gasteiger partial charge in [-0.2, -0.15) is 0 Å². The van der Waals surface area contributed by atoms with Crippen molar-refractivity contribution in [2.75, 3.05) is 6.61 Å². The topological polar surface area (TPSA) is 9.23 Å². The molecule has 0 bridgehead atoms. The van der Waals surface area contributed by atoms with E-state index in [1.165, 1.54) is 6.42 Å². The van der Waals surface area contributed by atoms with E-state index in [1.807, 2.05) is 13.8 Å². The zero-order valence-electron chi connectivity index (χ0n) is 9.48. The summed E-state index contributed by atoms with van der Waals surface area (Å²) >= 11 is 0. The Kier molecular flexibility index (Phi) is 4.84. The lowest BCUT2D eigenvalue weighted by molar-refractivity contribution is -0.109. The molecule has 1 nitrogen and oxygen atoms in total. The van der Waals surface area contributed by atoms with Crippen molar-refractivity contribution < 1.29 is 4.74 Å². The minimum atomic E-state index is 0.109. The Bertz CT molecular complexity index is 118. The van der Waals surface area contributed by atoms with Crippen LogP contribution < -0.4 is 0 Å². The molecule has 1 heteroatoms. The third kappa shape index (κ3) is 2.78. The third-order valence-electron chi connectivity index (χ3n) is 3.00. The van der Waals surface area contributed by atoms with Gasteiger partial charge in [-0.1, -0.05) is 27.7 Å². The van der Waals surface area contributed by atoms with E-state index in [-0.39, 0.29) is 5.60 Å². The second-order valence-corrected chi connectivity index (χ2v) is 4.01. The van der Waals surface area contributed by atoms with E-state index >= 15 is 0 Å². The smallest absolute Gasteiger partial charge is 0.0654 e. The highest BCUT2D eigenvalue weighted by molar-refractivity contribution is 4.83. The molecule has 1 heterocycles. The molecule has 0 aliphatic carbocycles. The molecule has 1 aliphatic rings. The molecule has 0 aromatic rings. The Morgan fingerprint density at radius 2 is 1.67 bits per heavy atom. The molecule has 74 valence electrons. The molecule has 0 aromatic carbocycles. The van der Waals surface area contributed by atoms with Crippen molar-refractivity contribution in [3.63, 3.8) is 0 Å². The quantitative estimate of drug-likeness (QED) is 0.543. The summed E-state index contributed by atoms with van der Waals surface area (Å²) in [6.07, 6.45) is 1.23. The van der Waals surface area contributed by atoms with Crippen LogP contribution in [0.1, 0.15) is 48.0 Å². The van der Waals surface area contributed by atoms with Gasteiger partial charge in [-0.25, -0.2) is 0 Å². The molecule has 0 N–H and O–H groups in total. The zero-order chi connectivity index (χ0) is 9.78. The van der Waals surface area contributed by atoms with Gasteiger partial charge in [0.1, 0.15) is 0 Å². The molecular formula is C11H24O. The maximum absolute atomic E-state index is 5.65. The molecule has 12 heavy (non-hydrogen) atoms. The van der Waals surface area contributed by atoms with Gasteiger partial charge in [0.25, 0.3) is 0 Å². The average Bonchev–Trinajstić information content (AvgIpc) is 2.04. The first-order valence-corrected chi connectivity index (χ1v) is 5.18. The van der Waals surface area contributed by atoms with Crippen LogP contribution in [0, 0.1) is 11.8 Å².